The zero-order valence-electron chi connectivity index (χ0n) is 6.75. The molecular weight excluding hydrogens is 190 g/mol. The molecular formula is C9H8ClNO2. The lowest BCUT2D eigenvalue weighted by atomic mass is 10.1. The van der Waals surface area contributed by atoms with E-state index in [1.807, 2.05) is 24.3 Å². The normalized spacial score (nSPS) is 25.0. The van der Waals surface area contributed by atoms with E-state index >= 15 is 0 Å². The minimum absolute atomic E-state index is 0.320. The average molecular weight is 198 g/mol. The third kappa shape index (κ3) is 1.25. The van der Waals surface area contributed by atoms with E-state index in [9.17, 15) is 4.79 Å². The van der Waals surface area contributed by atoms with Crippen LogP contribution in [-0.2, 0) is 11.2 Å². The van der Waals surface area contributed by atoms with Crippen LogP contribution in [0.2, 0.25) is 0 Å². The van der Waals surface area contributed by atoms with Crippen LogP contribution in [0.4, 0.5) is 5.69 Å². The maximum atomic E-state index is 10.8. The number of alkyl halides is 1. The fourth-order valence-electron chi connectivity index (χ4n) is 1.45. The number of hydrogen-bond acceptors (Lipinski definition) is 2. The summed E-state index contributed by atoms with van der Waals surface area (Å²) >= 11 is 5.86. The maximum Gasteiger partial charge on any atom is 0.345 e. The topological polar surface area (TPSA) is 49.3 Å². The molecule has 1 atom stereocenters. The highest BCUT2D eigenvalue weighted by Gasteiger charge is 2.41. The summed E-state index contributed by atoms with van der Waals surface area (Å²) in [5.74, 6) is -1.04. The van der Waals surface area contributed by atoms with Gasteiger partial charge in [-0.3, -0.25) is 0 Å². The molecule has 68 valence electrons. The Hall–Kier alpha value is -1.22. The second-order valence-electron chi connectivity index (χ2n) is 3.07. The molecule has 1 heterocycles. The van der Waals surface area contributed by atoms with E-state index in [4.69, 9.17) is 16.7 Å². The van der Waals surface area contributed by atoms with Gasteiger partial charge in [0.15, 0.2) is 0 Å². The quantitative estimate of drug-likeness (QED) is 0.532. The summed E-state index contributed by atoms with van der Waals surface area (Å²) in [7, 11) is 0. The van der Waals surface area contributed by atoms with Gasteiger partial charge >= 0.3 is 5.97 Å². The van der Waals surface area contributed by atoms with Crippen LogP contribution in [0.3, 0.4) is 0 Å². The predicted molar refractivity (Wildman–Crippen MR) is 50.0 cm³/mol. The van der Waals surface area contributed by atoms with Gasteiger partial charge < -0.3 is 10.4 Å². The van der Waals surface area contributed by atoms with Gasteiger partial charge in [0, 0.05) is 12.1 Å². The first kappa shape index (κ1) is 8.38. The van der Waals surface area contributed by atoms with Gasteiger partial charge in [-0.05, 0) is 11.6 Å². The second kappa shape index (κ2) is 2.64. The lowest BCUT2D eigenvalue weighted by Gasteiger charge is -2.15. The van der Waals surface area contributed by atoms with Gasteiger partial charge in [0.1, 0.15) is 0 Å². The Labute approximate surface area is 80.3 Å². The molecule has 1 aromatic carbocycles. The van der Waals surface area contributed by atoms with Gasteiger partial charge in [0.25, 0.3) is 0 Å². The van der Waals surface area contributed by atoms with E-state index in [1.165, 1.54) is 0 Å². The molecule has 0 fully saturated rings. The largest absolute Gasteiger partial charge is 0.479 e. The third-order valence-corrected chi connectivity index (χ3v) is 2.51. The van der Waals surface area contributed by atoms with Crippen LogP contribution >= 0.6 is 11.6 Å². The molecule has 0 saturated carbocycles. The van der Waals surface area contributed by atoms with E-state index in [2.05, 4.69) is 5.32 Å². The monoisotopic (exact) mass is 197 g/mol. The Morgan fingerprint density at radius 2 is 2.23 bits per heavy atom. The van der Waals surface area contributed by atoms with Crippen molar-refractivity contribution in [2.24, 2.45) is 0 Å². The number of para-hydroxylation sites is 1. The molecule has 1 unspecified atom stereocenters. The van der Waals surface area contributed by atoms with Crippen LogP contribution < -0.4 is 5.32 Å². The molecule has 0 aromatic heterocycles. The Bertz CT molecular complexity index is 339. The molecule has 1 aromatic rings. The number of carbonyl (C=O) groups is 1. The van der Waals surface area contributed by atoms with E-state index in [0.29, 0.717) is 6.42 Å². The summed E-state index contributed by atoms with van der Waals surface area (Å²) in [4.78, 5) is 9.44. The number of benzene rings is 1. The first-order chi connectivity index (χ1) is 6.12. The van der Waals surface area contributed by atoms with Crippen molar-refractivity contribution in [3.63, 3.8) is 0 Å². The fourth-order valence-corrected chi connectivity index (χ4v) is 1.69. The van der Waals surface area contributed by atoms with Crippen molar-refractivity contribution in [2.45, 2.75) is 11.4 Å². The maximum absolute atomic E-state index is 10.8. The molecule has 2 N–H and O–H groups in total. The van der Waals surface area contributed by atoms with Gasteiger partial charge in [-0.15, -0.1) is 0 Å². The van der Waals surface area contributed by atoms with Crippen molar-refractivity contribution in [3.05, 3.63) is 29.8 Å². The molecule has 1 aliphatic rings. The molecule has 0 saturated heterocycles. The minimum atomic E-state index is -1.36. The molecule has 0 bridgehead atoms. The number of aliphatic carboxylic acids is 1. The molecule has 4 heteroatoms. The highest BCUT2D eigenvalue weighted by molar-refractivity contribution is 6.35. The lowest BCUT2D eigenvalue weighted by molar-refractivity contribution is -0.139. The third-order valence-electron chi connectivity index (χ3n) is 2.12. The molecule has 1 aliphatic heterocycles. The second-order valence-corrected chi connectivity index (χ2v) is 3.71. The minimum Gasteiger partial charge on any atom is -0.479 e. The van der Waals surface area contributed by atoms with Crippen molar-refractivity contribution >= 4 is 23.3 Å². The summed E-state index contributed by atoms with van der Waals surface area (Å²) < 4.78 is 0. The molecule has 13 heavy (non-hydrogen) atoms. The summed E-state index contributed by atoms with van der Waals surface area (Å²) in [5, 5.41) is 11.6. The SMILES string of the molecule is O=C(O)C1(Cl)Cc2ccccc2N1. The number of nitrogens with one attached hydrogen (secondary N) is 1. The van der Waals surface area contributed by atoms with Gasteiger partial charge in [-0.25, -0.2) is 4.79 Å². The molecule has 0 radical (unpaired) electrons. The number of halogens is 1. The van der Waals surface area contributed by atoms with Crippen molar-refractivity contribution < 1.29 is 9.90 Å². The number of anilines is 1. The first-order valence-electron chi connectivity index (χ1n) is 3.90. The van der Waals surface area contributed by atoms with E-state index < -0.39 is 11.0 Å². The smallest absolute Gasteiger partial charge is 0.345 e. The zero-order chi connectivity index (χ0) is 9.47. The van der Waals surface area contributed by atoms with Crippen molar-refractivity contribution in [3.8, 4) is 0 Å². The summed E-state index contributed by atoms with van der Waals surface area (Å²) in [6.07, 6.45) is 0.320. The number of carboxylic acids is 1. The highest BCUT2D eigenvalue weighted by Crippen LogP contribution is 2.34. The molecule has 3 nitrogen and oxygen atoms in total. The molecule has 0 amide bonds. The van der Waals surface area contributed by atoms with Gasteiger partial charge in [-0.1, -0.05) is 29.8 Å². The Morgan fingerprint density at radius 1 is 1.54 bits per heavy atom. The zero-order valence-corrected chi connectivity index (χ0v) is 7.51. The van der Waals surface area contributed by atoms with Crippen molar-refractivity contribution in [2.75, 3.05) is 5.32 Å². The Kier molecular flexibility index (Phi) is 1.70. The van der Waals surface area contributed by atoms with Crippen LogP contribution in [-0.4, -0.2) is 16.1 Å². The number of carboxylic acid groups (broad SMARTS) is 1. The molecule has 0 spiro atoms. The van der Waals surface area contributed by atoms with Crippen LogP contribution in [0.25, 0.3) is 0 Å². The molecule has 0 aliphatic carbocycles. The van der Waals surface area contributed by atoms with Gasteiger partial charge in [0.2, 0.25) is 5.00 Å². The highest BCUT2D eigenvalue weighted by atomic mass is 35.5. The lowest BCUT2D eigenvalue weighted by Crippen LogP contribution is -2.38. The van der Waals surface area contributed by atoms with Crippen LogP contribution in [0.15, 0.2) is 24.3 Å². The van der Waals surface area contributed by atoms with Gasteiger partial charge in [-0.2, -0.15) is 0 Å². The molecule has 2 rings (SSSR count). The van der Waals surface area contributed by atoms with Crippen LogP contribution in [0, 0.1) is 0 Å². The predicted octanol–water partition coefficient (Wildman–Crippen LogP) is 1.67. The van der Waals surface area contributed by atoms with E-state index in [1.54, 1.807) is 0 Å². The van der Waals surface area contributed by atoms with E-state index in [0.717, 1.165) is 11.3 Å². The number of fused-ring (bicyclic) bond motifs is 1. The average Bonchev–Trinajstić information content (AvgIpc) is 2.42. The van der Waals surface area contributed by atoms with Crippen molar-refractivity contribution in [1.29, 1.82) is 0 Å². The Balaban J connectivity index is 2.37. The van der Waals surface area contributed by atoms with E-state index in [-0.39, 0.29) is 0 Å². The summed E-state index contributed by atoms with van der Waals surface area (Å²) in [6.45, 7) is 0. The fraction of sp³-hybridized carbons (Fsp3) is 0.222. The van der Waals surface area contributed by atoms with Gasteiger partial charge in [0.05, 0.1) is 0 Å². The van der Waals surface area contributed by atoms with Crippen LogP contribution in [0.1, 0.15) is 5.56 Å². The summed E-state index contributed by atoms with van der Waals surface area (Å²) in [6, 6.07) is 7.40. The number of hydrogen-bond donors (Lipinski definition) is 2. The standard InChI is InChI=1S/C9H8ClNO2/c10-9(8(12)13)5-6-3-1-2-4-7(6)11-9/h1-4,11H,5H2,(H,12,13). The van der Waals surface area contributed by atoms with Crippen LogP contribution in [0.5, 0.6) is 0 Å². The first-order valence-corrected chi connectivity index (χ1v) is 4.28. The Morgan fingerprint density at radius 3 is 2.85 bits per heavy atom. The summed E-state index contributed by atoms with van der Waals surface area (Å²) in [5.41, 5.74) is 1.75. The van der Waals surface area contributed by atoms with Crippen molar-refractivity contribution in [1.82, 2.24) is 0 Å². The number of rotatable bonds is 1.